The maximum Gasteiger partial charge on any atom is 0.203 e. The van der Waals surface area contributed by atoms with E-state index in [-0.39, 0.29) is 0 Å². The van der Waals surface area contributed by atoms with Crippen molar-refractivity contribution in [2.75, 3.05) is 0 Å². The van der Waals surface area contributed by atoms with Gasteiger partial charge in [-0.3, -0.25) is 0 Å². The van der Waals surface area contributed by atoms with Gasteiger partial charge < -0.3 is 4.98 Å². The minimum absolute atomic E-state index is 0.716. The molecule has 5 nitrogen and oxygen atoms in total. The third-order valence-electron chi connectivity index (χ3n) is 3.36. The lowest BCUT2D eigenvalue weighted by atomic mass is 10.1. The number of hydrogen-bond acceptors (Lipinski definition) is 4. The van der Waals surface area contributed by atoms with Gasteiger partial charge in [0, 0.05) is 6.42 Å². The number of nitrogens with one attached hydrogen (secondary N) is 1. The van der Waals surface area contributed by atoms with Crippen LogP contribution in [-0.2, 0) is 12.8 Å². The van der Waals surface area contributed by atoms with Crippen LogP contribution < -0.4 is 0 Å². The van der Waals surface area contributed by atoms with Crippen LogP contribution in [0.5, 0.6) is 0 Å². The van der Waals surface area contributed by atoms with Gasteiger partial charge in [0.15, 0.2) is 0 Å². The first-order valence-electron chi connectivity index (χ1n) is 7.42. The normalized spacial score (nSPS) is 11.3. The Kier molecular flexibility index (Phi) is 5.24. The number of aryl methyl sites for hydroxylation is 2. The largest absolute Gasteiger partial charge is 0.339 e. The van der Waals surface area contributed by atoms with Crippen molar-refractivity contribution in [3.05, 3.63) is 11.5 Å². The number of imidazole rings is 1. The van der Waals surface area contributed by atoms with Gasteiger partial charge in [0.25, 0.3) is 0 Å². The molecule has 0 saturated carbocycles. The molecule has 2 aromatic heterocycles. The monoisotopic (exact) mass is 261 g/mol. The van der Waals surface area contributed by atoms with Crippen molar-refractivity contribution in [3.8, 4) is 0 Å². The van der Waals surface area contributed by atoms with Crippen LogP contribution in [0, 0.1) is 0 Å². The van der Waals surface area contributed by atoms with E-state index in [2.05, 4.69) is 39.2 Å². The molecule has 0 amide bonds. The Labute approximate surface area is 114 Å². The second-order valence-corrected chi connectivity index (χ2v) is 5.03. The first-order chi connectivity index (χ1) is 9.35. The summed E-state index contributed by atoms with van der Waals surface area (Å²) in [6, 6.07) is 0. The lowest BCUT2D eigenvalue weighted by Crippen LogP contribution is -1.97. The van der Waals surface area contributed by atoms with Crippen molar-refractivity contribution in [2.24, 2.45) is 0 Å². The number of fused-ring (bicyclic) bond motifs is 1. The standard InChI is InChI=1S/C14H23N5/c1-3-5-7-9-11-13-14(18-19-17-11)16-12(15-13)10-8-6-4-2/h3-10H2,1-2H3,(H,15,16,17,18). The molecule has 0 aliphatic rings. The first kappa shape index (κ1) is 13.9. The summed E-state index contributed by atoms with van der Waals surface area (Å²) >= 11 is 0. The summed E-state index contributed by atoms with van der Waals surface area (Å²) in [7, 11) is 0. The predicted octanol–water partition coefficient (Wildman–Crippen LogP) is 3.21. The van der Waals surface area contributed by atoms with Gasteiger partial charge in [-0.15, -0.1) is 10.2 Å². The molecule has 2 aromatic rings. The second-order valence-electron chi connectivity index (χ2n) is 5.03. The fraction of sp³-hybridized carbons (Fsp3) is 0.714. The van der Waals surface area contributed by atoms with Gasteiger partial charge in [-0.2, -0.15) is 0 Å². The maximum atomic E-state index is 4.50. The number of nitrogens with zero attached hydrogens (tertiary/aromatic N) is 4. The van der Waals surface area contributed by atoms with E-state index in [4.69, 9.17) is 0 Å². The molecule has 0 radical (unpaired) electrons. The lowest BCUT2D eigenvalue weighted by molar-refractivity contribution is 0.694. The number of hydrogen-bond donors (Lipinski definition) is 1. The van der Waals surface area contributed by atoms with Gasteiger partial charge in [-0.05, 0) is 24.5 Å². The number of unbranched alkanes of at least 4 members (excludes halogenated alkanes) is 4. The van der Waals surface area contributed by atoms with Gasteiger partial charge in [0.05, 0.1) is 5.69 Å². The van der Waals surface area contributed by atoms with E-state index >= 15 is 0 Å². The molecule has 0 unspecified atom stereocenters. The minimum atomic E-state index is 0.716. The Balaban J connectivity index is 2.09. The van der Waals surface area contributed by atoms with Crippen molar-refractivity contribution in [1.29, 1.82) is 0 Å². The van der Waals surface area contributed by atoms with Crippen molar-refractivity contribution < 1.29 is 0 Å². The van der Waals surface area contributed by atoms with Crippen molar-refractivity contribution in [3.63, 3.8) is 0 Å². The zero-order chi connectivity index (χ0) is 13.5. The van der Waals surface area contributed by atoms with E-state index in [1.165, 1.54) is 32.1 Å². The molecule has 5 heteroatoms. The predicted molar refractivity (Wildman–Crippen MR) is 75.9 cm³/mol. The molecule has 0 spiro atoms. The van der Waals surface area contributed by atoms with Gasteiger partial charge >= 0.3 is 0 Å². The third-order valence-corrected chi connectivity index (χ3v) is 3.36. The summed E-state index contributed by atoms with van der Waals surface area (Å²) < 4.78 is 0. The molecule has 104 valence electrons. The van der Waals surface area contributed by atoms with Gasteiger partial charge in [-0.25, -0.2) is 4.98 Å². The zero-order valence-electron chi connectivity index (χ0n) is 11.9. The van der Waals surface area contributed by atoms with Crippen molar-refractivity contribution in [2.45, 2.75) is 65.2 Å². The molecule has 2 rings (SSSR count). The summed E-state index contributed by atoms with van der Waals surface area (Å²) in [5.41, 5.74) is 2.71. The van der Waals surface area contributed by atoms with Crippen LogP contribution in [0.15, 0.2) is 0 Å². The van der Waals surface area contributed by atoms with E-state index in [1.54, 1.807) is 0 Å². The van der Waals surface area contributed by atoms with E-state index in [0.29, 0.717) is 5.65 Å². The maximum absolute atomic E-state index is 4.50. The molecule has 0 atom stereocenters. The highest BCUT2D eigenvalue weighted by Crippen LogP contribution is 2.15. The average Bonchev–Trinajstić information content (AvgIpc) is 2.83. The summed E-state index contributed by atoms with van der Waals surface area (Å²) in [6.45, 7) is 4.41. The Hall–Kier alpha value is -1.52. The average molecular weight is 261 g/mol. The number of H-pyrrole nitrogens is 1. The van der Waals surface area contributed by atoms with E-state index < -0.39 is 0 Å². The van der Waals surface area contributed by atoms with E-state index in [1.807, 2.05) is 0 Å². The molecular formula is C14H23N5. The van der Waals surface area contributed by atoms with Crippen LogP contribution in [0.25, 0.3) is 11.2 Å². The zero-order valence-corrected chi connectivity index (χ0v) is 11.9. The highest BCUT2D eigenvalue weighted by atomic mass is 15.3. The highest BCUT2D eigenvalue weighted by Gasteiger charge is 2.10. The smallest absolute Gasteiger partial charge is 0.203 e. The summed E-state index contributed by atoms with van der Waals surface area (Å²) in [6.07, 6.45) is 9.16. The summed E-state index contributed by atoms with van der Waals surface area (Å²) in [5, 5.41) is 12.0. The molecular weight excluding hydrogens is 238 g/mol. The second kappa shape index (κ2) is 7.16. The fourth-order valence-corrected chi connectivity index (χ4v) is 2.23. The third kappa shape index (κ3) is 3.72. The summed E-state index contributed by atoms with van der Waals surface area (Å²) in [4.78, 5) is 7.88. The van der Waals surface area contributed by atoms with Crippen LogP contribution in [-0.4, -0.2) is 25.4 Å². The van der Waals surface area contributed by atoms with Crippen LogP contribution in [0.3, 0.4) is 0 Å². The van der Waals surface area contributed by atoms with E-state index in [0.717, 1.165) is 36.3 Å². The topological polar surface area (TPSA) is 67.3 Å². The number of aromatic nitrogens is 5. The first-order valence-corrected chi connectivity index (χ1v) is 7.42. The Morgan fingerprint density at radius 3 is 2.37 bits per heavy atom. The molecule has 0 aromatic carbocycles. The number of aromatic amines is 1. The molecule has 0 fully saturated rings. The molecule has 19 heavy (non-hydrogen) atoms. The van der Waals surface area contributed by atoms with E-state index in [9.17, 15) is 0 Å². The van der Waals surface area contributed by atoms with Crippen LogP contribution in [0.1, 0.15) is 63.9 Å². The fourth-order valence-electron chi connectivity index (χ4n) is 2.23. The van der Waals surface area contributed by atoms with Gasteiger partial charge in [0.1, 0.15) is 11.3 Å². The molecule has 0 aliphatic heterocycles. The molecule has 0 saturated heterocycles. The molecule has 0 aliphatic carbocycles. The van der Waals surface area contributed by atoms with Crippen LogP contribution in [0.4, 0.5) is 0 Å². The highest BCUT2D eigenvalue weighted by molar-refractivity contribution is 5.72. The van der Waals surface area contributed by atoms with Gasteiger partial charge in [-0.1, -0.05) is 39.5 Å². The SMILES string of the molecule is CCCCCc1nc2nnnc(CCCCC)c2[nH]1. The molecule has 0 bridgehead atoms. The van der Waals surface area contributed by atoms with Crippen LogP contribution in [0.2, 0.25) is 0 Å². The van der Waals surface area contributed by atoms with Crippen molar-refractivity contribution in [1.82, 2.24) is 25.4 Å². The van der Waals surface area contributed by atoms with Crippen LogP contribution >= 0.6 is 0 Å². The molecule has 2 heterocycles. The Morgan fingerprint density at radius 2 is 1.63 bits per heavy atom. The lowest BCUT2D eigenvalue weighted by Gasteiger charge is -1.98. The minimum Gasteiger partial charge on any atom is -0.339 e. The number of rotatable bonds is 8. The quantitative estimate of drug-likeness (QED) is 0.741. The van der Waals surface area contributed by atoms with Gasteiger partial charge in [0.2, 0.25) is 5.65 Å². The Morgan fingerprint density at radius 1 is 0.895 bits per heavy atom. The summed E-state index contributed by atoms with van der Waals surface area (Å²) in [5.74, 6) is 1.02. The molecule has 1 N–H and O–H groups in total. The Bertz CT molecular complexity index is 506. The van der Waals surface area contributed by atoms with Crippen molar-refractivity contribution >= 4 is 11.2 Å².